The Labute approximate surface area is 131 Å². The maximum Gasteiger partial charge on any atom is 0.416 e. The molecule has 1 aliphatic rings. The minimum atomic E-state index is -4.53. The minimum Gasteiger partial charge on any atom is -0.391 e. The van der Waals surface area contributed by atoms with Crippen molar-refractivity contribution in [1.29, 1.82) is 0 Å². The van der Waals surface area contributed by atoms with Gasteiger partial charge in [0.2, 0.25) is 0 Å². The largest absolute Gasteiger partial charge is 0.416 e. The Morgan fingerprint density at radius 1 is 1.35 bits per heavy atom. The lowest BCUT2D eigenvalue weighted by atomic mass is 9.96. The highest BCUT2D eigenvalue weighted by Gasteiger charge is 2.32. The summed E-state index contributed by atoms with van der Waals surface area (Å²) in [4.78, 5) is 25.1. The molecule has 1 aromatic rings. The number of hydrogen-bond acceptors (Lipinski definition) is 3. The number of benzene rings is 1. The Morgan fingerprint density at radius 2 is 2.04 bits per heavy atom. The van der Waals surface area contributed by atoms with Gasteiger partial charge in [-0.25, -0.2) is 0 Å². The van der Waals surface area contributed by atoms with Crippen LogP contribution >= 0.6 is 0 Å². The highest BCUT2D eigenvalue weighted by atomic mass is 19.4. The molecule has 8 heteroatoms. The van der Waals surface area contributed by atoms with Crippen LogP contribution in [0.5, 0.6) is 0 Å². The van der Waals surface area contributed by atoms with Gasteiger partial charge in [-0.1, -0.05) is 13.0 Å². The van der Waals surface area contributed by atoms with E-state index in [1.165, 1.54) is 11.0 Å². The van der Waals surface area contributed by atoms with Crippen LogP contribution in [0.25, 0.3) is 0 Å². The van der Waals surface area contributed by atoms with Gasteiger partial charge in [-0.15, -0.1) is 0 Å². The van der Waals surface area contributed by atoms with Gasteiger partial charge in [0.05, 0.1) is 11.7 Å². The molecule has 0 aromatic heterocycles. The molecule has 126 valence electrons. The molecule has 1 aromatic carbocycles. The van der Waals surface area contributed by atoms with Crippen molar-refractivity contribution in [1.82, 2.24) is 4.90 Å². The monoisotopic (exact) mass is 330 g/mol. The summed E-state index contributed by atoms with van der Waals surface area (Å²) in [6, 6.07) is 4.06. The zero-order valence-corrected chi connectivity index (χ0v) is 12.4. The lowest BCUT2D eigenvalue weighted by Crippen LogP contribution is -2.49. The third-order valence-corrected chi connectivity index (χ3v) is 3.85. The van der Waals surface area contributed by atoms with Crippen molar-refractivity contribution in [2.45, 2.75) is 25.6 Å². The van der Waals surface area contributed by atoms with E-state index in [2.05, 4.69) is 5.32 Å². The summed E-state index contributed by atoms with van der Waals surface area (Å²) >= 11 is 0. The first-order valence-corrected chi connectivity index (χ1v) is 7.14. The first kappa shape index (κ1) is 17.3. The number of aliphatic hydroxyl groups excluding tert-OH is 1. The van der Waals surface area contributed by atoms with Gasteiger partial charge in [0, 0.05) is 18.8 Å². The summed E-state index contributed by atoms with van der Waals surface area (Å²) < 4.78 is 37.9. The van der Waals surface area contributed by atoms with Gasteiger partial charge in [0.25, 0.3) is 0 Å². The number of alkyl halides is 3. The van der Waals surface area contributed by atoms with Crippen LogP contribution in [0.15, 0.2) is 24.3 Å². The highest BCUT2D eigenvalue weighted by Crippen LogP contribution is 2.30. The molecule has 2 amide bonds. The maximum absolute atomic E-state index is 12.6. The van der Waals surface area contributed by atoms with E-state index >= 15 is 0 Å². The number of rotatable bonds is 1. The molecule has 0 bridgehead atoms. The molecule has 1 fully saturated rings. The second-order valence-corrected chi connectivity index (χ2v) is 5.62. The fourth-order valence-electron chi connectivity index (χ4n) is 2.33. The summed E-state index contributed by atoms with van der Waals surface area (Å²) in [5.74, 6) is -1.86. The molecule has 2 unspecified atom stereocenters. The number of amides is 2. The van der Waals surface area contributed by atoms with Gasteiger partial charge in [0.15, 0.2) is 0 Å². The van der Waals surface area contributed by atoms with E-state index in [0.717, 1.165) is 18.2 Å². The summed E-state index contributed by atoms with van der Waals surface area (Å²) in [5.41, 5.74) is -1.02. The average Bonchev–Trinajstić information content (AvgIpc) is 2.48. The number of nitrogens with one attached hydrogen (secondary N) is 1. The molecule has 1 heterocycles. The van der Waals surface area contributed by atoms with E-state index in [4.69, 9.17) is 0 Å². The predicted molar refractivity (Wildman–Crippen MR) is 76.4 cm³/mol. The third kappa shape index (κ3) is 4.22. The minimum absolute atomic E-state index is 0.0329. The maximum atomic E-state index is 12.6. The Hall–Kier alpha value is -2.09. The fourth-order valence-corrected chi connectivity index (χ4v) is 2.33. The SMILES string of the molecule is CC1CCN(C(=O)C(=O)Nc2cccc(C(F)(F)F)c2)CC1O. The summed E-state index contributed by atoms with van der Waals surface area (Å²) in [5, 5.41) is 11.9. The van der Waals surface area contributed by atoms with Crippen LogP contribution in [-0.2, 0) is 15.8 Å². The molecule has 2 N–H and O–H groups in total. The smallest absolute Gasteiger partial charge is 0.391 e. The van der Waals surface area contributed by atoms with Crippen LogP contribution in [0, 0.1) is 5.92 Å². The molecule has 1 aliphatic heterocycles. The first-order chi connectivity index (χ1) is 10.7. The Balaban J connectivity index is 2.03. The zero-order valence-electron chi connectivity index (χ0n) is 12.4. The van der Waals surface area contributed by atoms with Crippen LogP contribution in [-0.4, -0.2) is 41.0 Å². The van der Waals surface area contributed by atoms with Crippen LogP contribution in [0.2, 0.25) is 0 Å². The van der Waals surface area contributed by atoms with Crippen LogP contribution in [0.3, 0.4) is 0 Å². The topological polar surface area (TPSA) is 69.6 Å². The summed E-state index contributed by atoms with van der Waals surface area (Å²) in [6.07, 6.45) is -4.68. The first-order valence-electron chi connectivity index (χ1n) is 7.14. The highest BCUT2D eigenvalue weighted by molar-refractivity contribution is 6.39. The van der Waals surface area contributed by atoms with E-state index in [9.17, 15) is 27.9 Å². The second-order valence-electron chi connectivity index (χ2n) is 5.62. The van der Waals surface area contributed by atoms with E-state index in [1.807, 2.05) is 6.92 Å². The molecule has 0 spiro atoms. The number of piperidine rings is 1. The van der Waals surface area contributed by atoms with Gasteiger partial charge in [0.1, 0.15) is 0 Å². The lowest BCUT2D eigenvalue weighted by molar-refractivity contribution is -0.146. The number of anilines is 1. The number of β-amino-alcohol motifs (C(OH)–C–C–N with tert-alkyl or cyclic N) is 1. The zero-order chi connectivity index (χ0) is 17.2. The molecule has 23 heavy (non-hydrogen) atoms. The number of likely N-dealkylation sites (tertiary alicyclic amines) is 1. The number of aliphatic hydroxyl groups is 1. The van der Waals surface area contributed by atoms with E-state index in [0.29, 0.717) is 13.0 Å². The van der Waals surface area contributed by atoms with Crippen LogP contribution in [0.1, 0.15) is 18.9 Å². The molecule has 0 saturated carbocycles. The Morgan fingerprint density at radius 3 is 2.65 bits per heavy atom. The van der Waals surface area contributed by atoms with Crippen LogP contribution < -0.4 is 5.32 Å². The Kier molecular flexibility index (Phi) is 4.93. The molecule has 2 rings (SSSR count). The van der Waals surface area contributed by atoms with Gasteiger partial charge < -0.3 is 15.3 Å². The molecule has 0 radical (unpaired) electrons. The molecule has 2 atom stereocenters. The van der Waals surface area contributed by atoms with E-state index in [1.54, 1.807) is 0 Å². The van der Waals surface area contributed by atoms with Crippen LogP contribution in [0.4, 0.5) is 18.9 Å². The van der Waals surface area contributed by atoms with Crippen molar-refractivity contribution >= 4 is 17.5 Å². The van der Waals surface area contributed by atoms with Gasteiger partial charge in [-0.2, -0.15) is 13.2 Å². The van der Waals surface area contributed by atoms with Gasteiger partial charge in [-0.3, -0.25) is 9.59 Å². The number of carbonyl (C=O) groups excluding carboxylic acids is 2. The van der Waals surface area contributed by atoms with Crippen molar-refractivity contribution in [3.05, 3.63) is 29.8 Å². The molecule has 1 saturated heterocycles. The molecule has 5 nitrogen and oxygen atoms in total. The predicted octanol–water partition coefficient (Wildman–Crippen LogP) is 1.87. The number of nitrogens with zero attached hydrogens (tertiary/aromatic N) is 1. The lowest BCUT2D eigenvalue weighted by Gasteiger charge is -2.33. The van der Waals surface area contributed by atoms with Crippen molar-refractivity contribution in [2.75, 3.05) is 18.4 Å². The van der Waals surface area contributed by atoms with Crippen molar-refractivity contribution in [3.63, 3.8) is 0 Å². The van der Waals surface area contributed by atoms with Crippen molar-refractivity contribution in [3.8, 4) is 0 Å². The average molecular weight is 330 g/mol. The number of carbonyl (C=O) groups is 2. The van der Waals surface area contributed by atoms with Gasteiger partial charge >= 0.3 is 18.0 Å². The van der Waals surface area contributed by atoms with Gasteiger partial charge in [-0.05, 0) is 30.5 Å². The molecular formula is C15H17F3N2O3. The normalized spacial score (nSPS) is 21.9. The number of halogens is 3. The van der Waals surface area contributed by atoms with Crippen molar-refractivity contribution < 1.29 is 27.9 Å². The summed E-state index contributed by atoms with van der Waals surface area (Å²) in [7, 11) is 0. The van der Waals surface area contributed by atoms with E-state index < -0.39 is 29.7 Å². The van der Waals surface area contributed by atoms with Crippen molar-refractivity contribution in [2.24, 2.45) is 5.92 Å². The summed E-state index contributed by atoms with van der Waals surface area (Å²) in [6.45, 7) is 2.21. The second kappa shape index (κ2) is 6.57. The fraction of sp³-hybridized carbons (Fsp3) is 0.467. The Bertz CT molecular complexity index is 604. The molecule has 0 aliphatic carbocycles. The van der Waals surface area contributed by atoms with E-state index in [-0.39, 0.29) is 18.2 Å². The standard InChI is InChI=1S/C15H17F3N2O3/c1-9-5-6-20(8-12(9)21)14(23)13(22)19-11-4-2-3-10(7-11)15(16,17)18/h2-4,7,9,12,21H,5-6,8H2,1H3,(H,19,22). The quantitative estimate of drug-likeness (QED) is 0.773. The molecular weight excluding hydrogens is 313 g/mol. The number of hydrogen-bond donors (Lipinski definition) is 2. The third-order valence-electron chi connectivity index (χ3n) is 3.85.